The Morgan fingerprint density at radius 2 is 1.84 bits per heavy atom. The first-order valence-electron chi connectivity index (χ1n) is 8.59. The molecule has 0 aromatic heterocycles. The van der Waals surface area contributed by atoms with Gasteiger partial charge in [0, 0.05) is 23.9 Å². The van der Waals surface area contributed by atoms with Gasteiger partial charge in [-0.05, 0) is 29.7 Å². The van der Waals surface area contributed by atoms with E-state index in [9.17, 15) is 4.79 Å². The van der Waals surface area contributed by atoms with E-state index in [1.807, 2.05) is 48.5 Å². The van der Waals surface area contributed by atoms with Crippen molar-refractivity contribution >= 4 is 11.6 Å². The number of anilines is 1. The highest BCUT2D eigenvalue weighted by molar-refractivity contribution is 6.07. The predicted octanol–water partition coefficient (Wildman–Crippen LogP) is 4.04. The van der Waals surface area contributed by atoms with Gasteiger partial charge in [0.15, 0.2) is 0 Å². The minimum Gasteiger partial charge on any atom is -0.490 e. The molecule has 0 bridgehead atoms. The lowest BCUT2D eigenvalue weighted by Crippen LogP contribution is -2.29. The molecule has 0 radical (unpaired) electrons. The van der Waals surface area contributed by atoms with E-state index < -0.39 is 0 Å². The molecule has 1 saturated heterocycles. The number of nitrogens with zero attached hydrogens (tertiary/aromatic N) is 1. The molecule has 1 aliphatic rings. The molecule has 1 aliphatic heterocycles. The van der Waals surface area contributed by atoms with Gasteiger partial charge in [-0.2, -0.15) is 0 Å². The van der Waals surface area contributed by atoms with Gasteiger partial charge in [0.2, 0.25) is 0 Å². The Bertz CT molecular complexity index is 745. The number of hydrogen-bond acceptors (Lipinski definition) is 3. The summed E-state index contributed by atoms with van der Waals surface area (Å²) in [5.41, 5.74) is 2.25. The van der Waals surface area contributed by atoms with E-state index in [2.05, 4.69) is 20.8 Å². The number of benzene rings is 2. The predicted molar refractivity (Wildman–Crippen MR) is 99.6 cm³/mol. The molecule has 1 heterocycles. The Morgan fingerprint density at radius 3 is 2.44 bits per heavy atom. The number of carbonyl (C=O) groups excluding carboxylic acids is 1. The molecule has 2 aromatic rings. The zero-order valence-corrected chi connectivity index (χ0v) is 15.3. The van der Waals surface area contributed by atoms with Crippen LogP contribution in [0.5, 0.6) is 5.75 Å². The third kappa shape index (κ3) is 4.02. The normalized spacial score (nSPS) is 16.4. The molecular weight excluding hydrogens is 314 g/mol. The van der Waals surface area contributed by atoms with Crippen LogP contribution in [-0.2, 0) is 10.2 Å². The molecule has 4 heteroatoms. The second-order valence-corrected chi connectivity index (χ2v) is 7.39. The lowest BCUT2D eigenvalue weighted by Gasteiger charge is -2.27. The molecule has 25 heavy (non-hydrogen) atoms. The Morgan fingerprint density at radius 1 is 1.16 bits per heavy atom. The summed E-state index contributed by atoms with van der Waals surface area (Å²) in [7, 11) is 1.80. The Balaban J connectivity index is 1.96. The van der Waals surface area contributed by atoms with Crippen LogP contribution in [0.15, 0.2) is 48.5 Å². The summed E-state index contributed by atoms with van der Waals surface area (Å²) < 4.78 is 11.2. The summed E-state index contributed by atoms with van der Waals surface area (Å²) in [6.45, 7) is 7.57. The third-order valence-electron chi connectivity index (χ3n) is 4.28. The second-order valence-electron chi connectivity index (χ2n) is 7.39. The topological polar surface area (TPSA) is 42.1 Å². The fraction of sp³-hybridized carbons (Fsp3) is 0.381. The van der Waals surface area contributed by atoms with Crippen LogP contribution in [0.2, 0.25) is 0 Å². The molecule has 1 amide bonds. The van der Waals surface area contributed by atoms with Gasteiger partial charge in [0.1, 0.15) is 18.5 Å². The summed E-state index contributed by atoms with van der Waals surface area (Å²) >= 11 is 0. The van der Waals surface area contributed by atoms with Crippen LogP contribution >= 0.6 is 0 Å². The van der Waals surface area contributed by atoms with E-state index in [-0.39, 0.29) is 17.4 Å². The van der Waals surface area contributed by atoms with Crippen molar-refractivity contribution in [3.8, 4) is 5.75 Å². The summed E-state index contributed by atoms with van der Waals surface area (Å²) in [5, 5.41) is 0. The average Bonchev–Trinajstić information content (AvgIpc) is 3.42. The van der Waals surface area contributed by atoms with Crippen molar-refractivity contribution in [1.82, 2.24) is 0 Å². The van der Waals surface area contributed by atoms with Crippen molar-refractivity contribution in [1.29, 1.82) is 0 Å². The number of epoxide rings is 1. The average molecular weight is 339 g/mol. The quantitative estimate of drug-likeness (QED) is 0.772. The number of hydrogen-bond donors (Lipinski definition) is 0. The number of carbonyl (C=O) groups is 1. The molecule has 0 aliphatic carbocycles. The summed E-state index contributed by atoms with van der Waals surface area (Å²) in [6, 6.07) is 15.4. The van der Waals surface area contributed by atoms with Crippen LogP contribution in [0.4, 0.5) is 5.69 Å². The third-order valence-corrected chi connectivity index (χ3v) is 4.28. The van der Waals surface area contributed by atoms with E-state index in [1.54, 1.807) is 11.9 Å². The highest BCUT2D eigenvalue weighted by Crippen LogP contribution is 2.36. The van der Waals surface area contributed by atoms with E-state index in [1.165, 1.54) is 0 Å². The zero-order valence-electron chi connectivity index (χ0n) is 15.3. The van der Waals surface area contributed by atoms with E-state index in [0.29, 0.717) is 12.2 Å². The van der Waals surface area contributed by atoms with Gasteiger partial charge in [-0.25, -0.2) is 0 Å². The minimum absolute atomic E-state index is 0.0377. The molecule has 2 aromatic carbocycles. The number of amides is 1. The maximum absolute atomic E-state index is 13.2. The molecule has 4 nitrogen and oxygen atoms in total. The maximum atomic E-state index is 13.2. The van der Waals surface area contributed by atoms with Gasteiger partial charge < -0.3 is 14.4 Å². The largest absolute Gasteiger partial charge is 0.490 e. The highest BCUT2D eigenvalue weighted by atomic mass is 16.6. The van der Waals surface area contributed by atoms with Gasteiger partial charge >= 0.3 is 0 Å². The SMILES string of the molecule is CN(C(=O)c1cccc(OCC2CO2)c1C(C)(C)C)c1ccccc1. The smallest absolute Gasteiger partial charge is 0.258 e. The van der Waals surface area contributed by atoms with Crippen molar-refractivity contribution in [3.05, 3.63) is 59.7 Å². The first kappa shape index (κ1) is 17.5. The van der Waals surface area contributed by atoms with Crippen LogP contribution in [-0.4, -0.2) is 32.3 Å². The fourth-order valence-electron chi connectivity index (χ4n) is 2.90. The van der Waals surface area contributed by atoms with Crippen molar-refractivity contribution < 1.29 is 14.3 Å². The molecular formula is C21H25NO3. The lowest BCUT2D eigenvalue weighted by atomic mass is 9.82. The Kier molecular flexibility index (Phi) is 4.82. The van der Waals surface area contributed by atoms with Gasteiger partial charge in [-0.1, -0.05) is 45.0 Å². The van der Waals surface area contributed by atoms with Crippen molar-refractivity contribution in [2.45, 2.75) is 32.3 Å². The van der Waals surface area contributed by atoms with Gasteiger partial charge in [-0.15, -0.1) is 0 Å². The summed E-state index contributed by atoms with van der Waals surface area (Å²) in [6.07, 6.45) is 0.180. The summed E-state index contributed by atoms with van der Waals surface area (Å²) in [4.78, 5) is 14.8. The van der Waals surface area contributed by atoms with Crippen molar-refractivity contribution in [3.63, 3.8) is 0 Å². The van der Waals surface area contributed by atoms with Crippen LogP contribution in [0.1, 0.15) is 36.7 Å². The molecule has 132 valence electrons. The van der Waals surface area contributed by atoms with Crippen LogP contribution in [0.25, 0.3) is 0 Å². The molecule has 3 rings (SSSR count). The molecule has 0 spiro atoms. The van der Waals surface area contributed by atoms with Crippen LogP contribution in [0, 0.1) is 0 Å². The second kappa shape index (κ2) is 6.89. The van der Waals surface area contributed by atoms with Gasteiger partial charge in [-0.3, -0.25) is 4.79 Å². The molecule has 1 fully saturated rings. The Hall–Kier alpha value is -2.33. The fourth-order valence-corrected chi connectivity index (χ4v) is 2.90. The van der Waals surface area contributed by atoms with Crippen molar-refractivity contribution in [2.24, 2.45) is 0 Å². The standard InChI is InChI=1S/C21H25NO3/c1-21(2,3)19-17(11-8-12-18(19)25-14-16-13-24-16)20(23)22(4)15-9-6-5-7-10-15/h5-12,16H,13-14H2,1-4H3. The number of ether oxygens (including phenoxy) is 2. The Labute approximate surface area is 149 Å². The number of para-hydroxylation sites is 1. The molecule has 0 saturated carbocycles. The first-order chi connectivity index (χ1) is 11.9. The van der Waals surface area contributed by atoms with E-state index in [4.69, 9.17) is 9.47 Å². The molecule has 0 N–H and O–H groups in total. The number of rotatable bonds is 5. The van der Waals surface area contributed by atoms with Gasteiger partial charge in [0.25, 0.3) is 5.91 Å². The van der Waals surface area contributed by atoms with Crippen LogP contribution in [0.3, 0.4) is 0 Å². The lowest BCUT2D eigenvalue weighted by molar-refractivity contribution is 0.0990. The minimum atomic E-state index is -0.219. The van der Waals surface area contributed by atoms with Crippen molar-refractivity contribution in [2.75, 3.05) is 25.2 Å². The highest BCUT2D eigenvalue weighted by Gasteiger charge is 2.29. The zero-order chi connectivity index (χ0) is 18.0. The van der Waals surface area contributed by atoms with E-state index >= 15 is 0 Å². The first-order valence-corrected chi connectivity index (χ1v) is 8.59. The summed E-state index contributed by atoms with van der Waals surface area (Å²) in [5.74, 6) is 0.722. The molecule has 1 atom stereocenters. The maximum Gasteiger partial charge on any atom is 0.258 e. The monoisotopic (exact) mass is 339 g/mol. The van der Waals surface area contributed by atoms with Gasteiger partial charge in [0.05, 0.1) is 6.61 Å². The molecule has 1 unspecified atom stereocenters. The van der Waals surface area contributed by atoms with Crippen LogP contribution < -0.4 is 9.64 Å². The van der Waals surface area contributed by atoms with E-state index in [0.717, 1.165) is 23.6 Å².